The van der Waals surface area contributed by atoms with Crippen LogP contribution in [0.4, 0.5) is 0 Å². The van der Waals surface area contributed by atoms with Gasteiger partial charge in [-0.2, -0.15) is 5.26 Å². The SMILES string of the molecule is CCOCCCNC(=O)/C(C#N)=C/c1cc(Cl)c(OC)c(OC)c1. The molecule has 1 rings (SSSR count). The van der Waals surface area contributed by atoms with Crippen LogP contribution < -0.4 is 14.8 Å². The highest BCUT2D eigenvalue weighted by atomic mass is 35.5. The molecule has 0 saturated heterocycles. The molecule has 0 bridgehead atoms. The highest BCUT2D eigenvalue weighted by Gasteiger charge is 2.13. The van der Waals surface area contributed by atoms with Gasteiger partial charge >= 0.3 is 0 Å². The Morgan fingerprint density at radius 1 is 1.38 bits per heavy atom. The second kappa shape index (κ2) is 10.5. The Bertz CT molecular complexity index is 638. The summed E-state index contributed by atoms with van der Waals surface area (Å²) >= 11 is 6.12. The monoisotopic (exact) mass is 352 g/mol. The Balaban J connectivity index is 2.86. The first-order valence-corrected chi connectivity index (χ1v) is 7.84. The van der Waals surface area contributed by atoms with E-state index in [9.17, 15) is 10.1 Å². The van der Waals surface area contributed by atoms with Gasteiger partial charge in [-0.3, -0.25) is 4.79 Å². The molecule has 130 valence electrons. The van der Waals surface area contributed by atoms with Gasteiger partial charge in [-0.15, -0.1) is 0 Å². The van der Waals surface area contributed by atoms with Gasteiger partial charge in [0.1, 0.15) is 11.6 Å². The van der Waals surface area contributed by atoms with Gasteiger partial charge in [0.05, 0.1) is 19.2 Å². The van der Waals surface area contributed by atoms with Crippen molar-refractivity contribution in [3.63, 3.8) is 0 Å². The van der Waals surface area contributed by atoms with Crippen LogP contribution >= 0.6 is 11.6 Å². The third-order valence-corrected chi connectivity index (χ3v) is 3.37. The third kappa shape index (κ3) is 5.76. The zero-order chi connectivity index (χ0) is 17.9. The summed E-state index contributed by atoms with van der Waals surface area (Å²) in [5.41, 5.74) is 0.549. The van der Waals surface area contributed by atoms with E-state index >= 15 is 0 Å². The lowest BCUT2D eigenvalue weighted by Gasteiger charge is -2.10. The van der Waals surface area contributed by atoms with Gasteiger partial charge < -0.3 is 19.5 Å². The largest absolute Gasteiger partial charge is 0.493 e. The lowest BCUT2D eigenvalue weighted by atomic mass is 10.1. The number of hydrogen-bond acceptors (Lipinski definition) is 5. The van der Waals surface area contributed by atoms with Crippen LogP contribution in [-0.4, -0.2) is 39.9 Å². The van der Waals surface area contributed by atoms with Gasteiger partial charge in [0.25, 0.3) is 5.91 Å². The number of hydrogen-bond donors (Lipinski definition) is 1. The van der Waals surface area contributed by atoms with E-state index in [1.807, 2.05) is 13.0 Å². The molecule has 0 heterocycles. The van der Waals surface area contributed by atoms with E-state index in [1.165, 1.54) is 20.3 Å². The number of benzene rings is 1. The molecule has 0 radical (unpaired) electrons. The van der Waals surface area contributed by atoms with Crippen LogP contribution in [0.15, 0.2) is 17.7 Å². The first-order chi connectivity index (χ1) is 11.6. The van der Waals surface area contributed by atoms with E-state index in [4.69, 9.17) is 25.8 Å². The van der Waals surface area contributed by atoms with Crippen LogP contribution in [0.5, 0.6) is 11.5 Å². The van der Waals surface area contributed by atoms with Crippen LogP contribution in [-0.2, 0) is 9.53 Å². The molecular weight excluding hydrogens is 332 g/mol. The van der Waals surface area contributed by atoms with E-state index < -0.39 is 5.91 Å². The first kappa shape index (κ1) is 19.8. The van der Waals surface area contributed by atoms with Crippen molar-refractivity contribution in [2.75, 3.05) is 34.0 Å². The molecule has 1 N–H and O–H groups in total. The predicted octanol–water partition coefficient (Wildman–Crippen LogP) is 2.81. The maximum absolute atomic E-state index is 12.0. The quantitative estimate of drug-likeness (QED) is 0.420. The van der Waals surface area contributed by atoms with Crippen LogP contribution in [0.3, 0.4) is 0 Å². The molecule has 1 aromatic rings. The number of nitrogens with one attached hydrogen (secondary N) is 1. The van der Waals surface area contributed by atoms with E-state index in [0.717, 1.165) is 0 Å². The zero-order valence-electron chi connectivity index (χ0n) is 14.0. The Morgan fingerprint density at radius 2 is 2.12 bits per heavy atom. The number of carbonyl (C=O) groups is 1. The zero-order valence-corrected chi connectivity index (χ0v) is 14.8. The average Bonchev–Trinajstić information content (AvgIpc) is 2.58. The molecule has 24 heavy (non-hydrogen) atoms. The lowest BCUT2D eigenvalue weighted by molar-refractivity contribution is -0.117. The van der Waals surface area contributed by atoms with Crippen molar-refractivity contribution in [1.29, 1.82) is 5.26 Å². The molecule has 0 aliphatic carbocycles. The second-order valence-electron chi connectivity index (χ2n) is 4.71. The number of carbonyl (C=O) groups excluding carboxylic acids is 1. The van der Waals surface area contributed by atoms with Crippen molar-refractivity contribution in [3.05, 3.63) is 28.3 Å². The standard InChI is InChI=1S/C17H21ClN2O4/c1-4-24-7-5-6-20-17(21)13(11-19)8-12-9-14(18)16(23-3)15(10-12)22-2/h8-10H,4-7H2,1-3H3,(H,20,21)/b13-8+. The maximum atomic E-state index is 12.0. The third-order valence-electron chi connectivity index (χ3n) is 3.09. The van der Waals surface area contributed by atoms with Gasteiger partial charge in [0, 0.05) is 19.8 Å². The molecule has 0 aliphatic rings. The fraction of sp³-hybridized carbons (Fsp3) is 0.412. The topological polar surface area (TPSA) is 80.6 Å². The molecule has 0 aromatic heterocycles. The molecular formula is C17H21ClN2O4. The Morgan fingerprint density at radius 3 is 2.71 bits per heavy atom. The van der Waals surface area contributed by atoms with E-state index in [2.05, 4.69) is 5.32 Å². The number of nitrogens with zero attached hydrogens (tertiary/aromatic N) is 1. The molecule has 6 nitrogen and oxygen atoms in total. The number of rotatable bonds is 9. The number of nitriles is 1. The molecule has 0 spiro atoms. The summed E-state index contributed by atoms with van der Waals surface area (Å²) in [6.07, 6.45) is 2.13. The van der Waals surface area contributed by atoms with E-state index in [0.29, 0.717) is 48.3 Å². The summed E-state index contributed by atoms with van der Waals surface area (Å²) < 4.78 is 15.5. The van der Waals surface area contributed by atoms with Gasteiger partial charge in [0.15, 0.2) is 11.5 Å². The van der Waals surface area contributed by atoms with E-state index in [1.54, 1.807) is 12.1 Å². The minimum absolute atomic E-state index is 0.0188. The van der Waals surface area contributed by atoms with Crippen molar-refractivity contribution in [1.82, 2.24) is 5.32 Å². The van der Waals surface area contributed by atoms with Crippen LogP contribution in [0.25, 0.3) is 6.08 Å². The minimum Gasteiger partial charge on any atom is -0.493 e. The van der Waals surface area contributed by atoms with Crippen LogP contribution in [0.1, 0.15) is 18.9 Å². The molecule has 1 aromatic carbocycles. The Kier molecular flexibility index (Phi) is 8.69. The average molecular weight is 353 g/mol. The van der Waals surface area contributed by atoms with Gasteiger partial charge in [-0.1, -0.05) is 11.6 Å². The molecule has 0 saturated carbocycles. The number of methoxy groups -OCH3 is 2. The van der Waals surface area contributed by atoms with Gasteiger partial charge in [0.2, 0.25) is 0 Å². The van der Waals surface area contributed by atoms with Crippen molar-refractivity contribution in [2.24, 2.45) is 0 Å². The van der Waals surface area contributed by atoms with E-state index in [-0.39, 0.29) is 5.57 Å². The molecule has 0 aliphatic heterocycles. The Labute approximate surface area is 147 Å². The smallest absolute Gasteiger partial charge is 0.261 e. The fourth-order valence-electron chi connectivity index (χ4n) is 1.95. The fourth-order valence-corrected chi connectivity index (χ4v) is 2.25. The minimum atomic E-state index is -0.445. The highest BCUT2D eigenvalue weighted by Crippen LogP contribution is 2.36. The van der Waals surface area contributed by atoms with Crippen LogP contribution in [0.2, 0.25) is 5.02 Å². The van der Waals surface area contributed by atoms with Crippen molar-refractivity contribution in [2.45, 2.75) is 13.3 Å². The molecule has 0 unspecified atom stereocenters. The molecule has 1 amide bonds. The predicted molar refractivity (Wildman–Crippen MR) is 92.3 cm³/mol. The van der Waals surface area contributed by atoms with Crippen molar-refractivity contribution >= 4 is 23.6 Å². The maximum Gasteiger partial charge on any atom is 0.261 e. The lowest BCUT2D eigenvalue weighted by Crippen LogP contribution is -2.26. The van der Waals surface area contributed by atoms with Crippen LogP contribution in [0, 0.1) is 11.3 Å². The normalized spacial score (nSPS) is 10.9. The van der Waals surface area contributed by atoms with Crippen molar-refractivity contribution in [3.8, 4) is 17.6 Å². The number of amides is 1. The Hall–Kier alpha value is -2.23. The summed E-state index contributed by atoms with van der Waals surface area (Å²) in [5, 5.41) is 12.2. The molecule has 0 fully saturated rings. The number of halogens is 1. The van der Waals surface area contributed by atoms with Gasteiger partial charge in [-0.05, 0) is 37.1 Å². The highest BCUT2D eigenvalue weighted by molar-refractivity contribution is 6.32. The summed E-state index contributed by atoms with van der Waals surface area (Å²) in [6.45, 7) is 3.54. The summed E-state index contributed by atoms with van der Waals surface area (Å²) in [4.78, 5) is 12.0. The molecule has 0 atom stereocenters. The second-order valence-corrected chi connectivity index (χ2v) is 5.12. The number of ether oxygens (including phenoxy) is 3. The van der Waals surface area contributed by atoms with Crippen molar-refractivity contribution < 1.29 is 19.0 Å². The summed E-state index contributed by atoms with van der Waals surface area (Å²) in [7, 11) is 2.97. The molecule has 7 heteroatoms. The summed E-state index contributed by atoms with van der Waals surface area (Å²) in [6, 6.07) is 5.13. The first-order valence-electron chi connectivity index (χ1n) is 7.46. The van der Waals surface area contributed by atoms with Gasteiger partial charge in [-0.25, -0.2) is 0 Å². The summed E-state index contributed by atoms with van der Waals surface area (Å²) in [5.74, 6) is 0.376.